The lowest BCUT2D eigenvalue weighted by atomic mass is 10.1. The number of benzene rings is 2. The quantitative estimate of drug-likeness (QED) is 0.322. The van der Waals surface area contributed by atoms with Crippen LogP contribution in [-0.2, 0) is 6.54 Å². The fourth-order valence-electron chi connectivity index (χ4n) is 3.04. The Hall–Kier alpha value is -2.85. The van der Waals surface area contributed by atoms with Gasteiger partial charge < -0.3 is 4.90 Å². The summed E-state index contributed by atoms with van der Waals surface area (Å²) < 4.78 is 1.05. The van der Waals surface area contributed by atoms with E-state index in [0.29, 0.717) is 17.9 Å². The van der Waals surface area contributed by atoms with Gasteiger partial charge in [-0.25, -0.2) is 4.99 Å². The predicted molar refractivity (Wildman–Crippen MR) is 120 cm³/mol. The lowest BCUT2D eigenvalue weighted by molar-refractivity contribution is -0.385. The molecule has 0 atom stereocenters. The van der Waals surface area contributed by atoms with Crippen LogP contribution in [0.15, 0.2) is 74.4 Å². The van der Waals surface area contributed by atoms with E-state index in [0.717, 1.165) is 15.2 Å². The minimum Gasteiger partial charge on any atom is -0.327 e. The zero-order chi connectivity index (χ0) is 20.5. The number of fused-ring (bicyclic) bond motifs is 2. The Bertz CT molecular complexity index is 1170. The normalized spacial score (nSPS) is 16.5. The van der Waals surface area contributed by atoms with E-state index >= 15 is 0 Å². The van der Waals surface area contributed by atoms with Gasteiger partial charge in [0.15, 0.2) is 5.84 Å². The van der Waals surface area contributed by atoms with E-state index in [1.54, 1.807) is 0 Å². The molecule has 0 aromatic heterocycles. The zero-order valence-corrected chi connectivity index (χ0v) is 17.7. The van der Waals surface area contributed by atoms with Crippen LogP contribution in [0, 0.1) is 10.1 Å². The Morgan fingerprint density at radius 3 is 2.83 bits per heavy atom. The third-order valence-electron chi connectivity index (χ3n) is 4.38. The topological polar surface area (TPSA) is 88.2 Å². The first-order chi connectivity index (χ1) is 13.9. The number of allylic oxidation sites excluding steroid dienone is 2. The van der Waals surface area contributed by atoms with E-state index in [1.807, 2.05) is 47.5 Å². The second-order valence-corrected chi connectivity index (χ2v) is 7.94. The molecular formula is C20H12ClIN4O3. The number of hydrogen-bond donors (Lipinski definition) is 0. The van der Waals surface area contributed by atoms with Crippen molar-refractivity contribution in [2.45, 2.75) is 6.54 Å². The van der Waals surface area contributed by atoms with E-state index in [-0.39, 0.29) is 16.4 Å². The molecule has 0 radical (unpaired) electrons. The Morgan fingerprint density at radius 1 is 1.24 bits per heavy atom. The van der Waals surface area contributed by atoms with Crippen LogP contribution < -0.4 is 0 Å². The highest BCUT2D eigenvalue weighted by molar-refractivity contribution is 14.1. The van der Waals surface area contributed by atoms with Crippen LogP contribution in [0.1, 0.15) is 21.5 Å². The van der Waals surface area contributed by atoms with Crippen molar-refractivity contribution in [3.05, 3.63) is 96.2 Å². The molecule has 0 bridgehead atoms. The number of amides is 1. The van der Waals surface area contributed by atoms with Gasteiger partial charge in [0.25, 0.3) is 11.6 Å². The maximum absolute atomic E-state index is 12.8. The van der Waals surface area contributed by atoms with Gasteiger partial charge in [-0.2, -0.15) is 4.99 Å². The summed E-state index contributed by atoms with van der Waals surface area (Å²) in [4.78, 5) is 34.2. The molecule has 0 spiro atoms. The molecule has 0 aliphatic carbocycles. The molecule has 0 N–H and O–H groups in total. The first kappa shape index (κ1) is 19.5. The minimum absolute atomic E-state index is 0.140. The summed E-state index contributed by atoms with van der Waals surface area (Å²) >= 11 is 8.06. The minimum atomic E-state index is -0.749. The van der Waals surface area contributed by atoms with Crippen molar-refractivity contribution in [2.24, 2.45) is 9.98 Å². The number of nitro benzene ring substituents is 1. The molecule has 0 saturated heterocycles. The van der Waals surface area contributed by atoms with Gasteiger partial charge in [0.1, 0.15) is 11.4 Å². The second kappa shape index (κ2) is 7.88. The maximum Gasteiger partial charge on any atom is 0.286 e. The molecular weight excluding hydrogens is 507 g/mol. The van der Waals surface area contributed by atoms with E-state index in [4.69, 9.17) is 11.6 Å². The Balaban J connectivity index is 1.84. The number of rotatable bonds is 2. The number of amidine groups is 2. The summed E-state index contributed by atoms with van der Waals surface area (Å²) in [5.41, 5.74) is 1.12. The van der Waals surface area contributed by atoms with Crippen LogP contribution in [0.3, 0.4) is 0 Å². The van der Waals surface area contributed by atoms with Gasteiger partial charge >= 0.3 is 0 Å². The lowest BCUT2D eigenvalue weighted by Crippen LogP contribution is -2.24. The number of halogens is 2. The van der Waals surface area contributed by atoms with Crippen LogP contribution in [0.5, 0.6) is 0 Å². The third-order valence-corrected chi connectivity index (χ3v) is 5.25. The molecule has 4 rings (SSSR count). The van der Waals surface area contributed by atoms with Crippen molar-refractivity contribution in [3.63, 3.8) is 0 Å². The molecule has 2 aliphatic heterocycles. The van der Waals surface area contributed by atoms with Gasteiger partial charge in [0, 0.05) is 33.0 Å². The van der Waals surface area contributed by atoms with E-state index in [1.165, 1.54) is 12.1 Å². The summed E-state index contributed by atoms with van der Waals surface area (Å²) in [6, 6.07) is 11.4. The Morgan fingerprint density at radius 2 is 2.03 bits per heavy atom. The van der Waals surface area contributed by atoms with Crippen LogP contribution in [-0.4, -0.2) is 27.4 Å². The maximum atomic E-state index is 12.8. The van der Waals surface area contributed by atoms with Crippen molar-refractivity contribution in [1.82, 2.24) is 4.90 Å². The van der Waals surface area contributed by atoms with Crippen LogP contribution in [0.2, 0.25) is 5.02 Å². The monoisotopic (exact) mass is 518 g/mol. The summed E-state index contributed by atoms with van der Waals surface area (Å²) in [5.74, 6) is 0.0990. The molecule has 0 saturated carbocycles. The first-order valence-corrected chi connectivity index (χ1v) is 9.94. The zero-order valence-electron chi connectivity index (χ0n) is 14.8. The molecule has 29 heavy (non-hydrogen) atoms. The van der Waals surface area contributed by atoms with Crippen molar-refractivity contribution in [2.75, 3.05) is 0 Å². The highest BCUT2D eigenvalue weighted by Crippen LogP contribution is 2.26. The van der Waals surface area contributed by atoms with Gasteiger partial charge in [-0.1, -0.05) is 35.9 Å². The number of carbonyl (C=O) groups excluding carboxylic acids is 1. The molecule has 2 aromatic rings. The largest absolute Gasteiger partial charge is 0.327 e. The van der Waals surface area contributed by atoms with Crippen molar-refractivity contribution >= 4 is 57.5 Å². The van der Waals surface area contributed by atoms with Gasteiger partial charge in [-0.3, -0.25) is 14.9 Å². The molecule has 7 nitrogen and oxygen atoms in total. The van der Waals surface area contributed by atoms with E-state index < -0.39 is 16.5 Å². The fraction of sp³-hybridized carbons (Fsp3) is 0.0500. The van der Waals surface area contributed by atoms with Gasteiger partial charge in [0.05, 0.1) is 4.92 Å². The van der Waals surface area contributed by atoms with Gasteiger partial charge in [-0.05, 0) is 52.4 Å². The molecule has 2 heterocycles. The SMILES string of the molecule is O=C(N=C1N=C2C=CC(I)=CN2Cc2ccccc21)c1ccc(Cl)cc1[N+](=O)[O-]. The molecule has 2 aliphatic rings. The smallest absolute Gasteiger partial charge is 0.286 e. The number of hydrogen-bond acceptors (Lipinski definition) is 4. The lowest BCUT2D eigenvalue weighted by Gasteiger charge is -2.21. The van der Waals surface area contributed by atoms with Crippen LogP contribution in [0.25, 0.3) is 0 Å². The predicted octanol–water partition coefficient (Wildman–Crippen LogP) is 4.90. The summed E-state index contributed by atoms with van der Waals surface area (Å²) in [6.45, 7) is 0.570. The molecule has 9 heteroatoms. The molecule has 2 aromatic carbocycles. The number of nitrogens with zero attached hydrogens (tertiary/aromatic N) is 4. The summed E-state index contributed by atoms with van der Waals surface area (Å²) in [5, 5.41) is 11.5. The Labute approximate surface area is 184 Å². The van der Waals surface area contributed by atoms with E-state index in [9.17, 15) is 14.9 Å². The van der Waals surface area contributed by atoms with Crippen molar-refractivity contribution in [3.8, 4) is 0 Å². The molecule has 1 amide bonds. The van der Waals surface area contributed by atoms with E-state index in [2.05, 4.69) is 32.6 Å². The van der Waals surface area contributed by atoms with Crippen molar-refractivity contribution in [1.29, 1.82) is 0 Å². The second-order valence-electron chi connectivity index (χ2n) is 6.26. The van der Waals surface area contributed by atoms with Crippen LogP contribution in [0.4, 0.5) is 5.69 Å². The van der Waals surface area contributed by atoms with Gasteiger partial charge in [0.2, 0.25) is 0 Å². The number of nitro groups is 1. The first-order valence-electron chi connectivity index (χ1n) is 8.48. The third kappa shape index (κ3) is 3.99. The van der Waals surface area contributed by atoms with Gasteiger partial charge in [-0.15, -0.1) is 0 Å². The molecule has 0 fully saturated rings. The fourth-order valence-corrected chi connectivity index (χ4v) is 3.73. The molecule has 0 unspecified atom stereocenters. The number of aliphatic imine (C=N–C) groups is 2. The van der Waals surface area contributed by atoms with Crippen LogP contribution >= 0.6 is 34.2 Å². The average Bonchev–Trinajstić information content (AvgIpc) is 2.84. The molecule has 144 valence electrons. The average molecular weight is 519 g/mol. The standard InChI is InChI=1S/C20H12ClIN4O3/c21-13-5-7-16(17(9-13)26(28)29)20(27)24-19-15-4-2-1-3-12(15)10-25-11-14(22)6-8-18(25)23-19/h1-9,11H,10H2. The number of carbonyl (C=O) groups is 1. The summed E-state index contributed by atoms with van der Waals surface area (Å²) in [6.07, 6.45) is 5.72. The highest BCUT2D eigenvalue weighted by Gasteiger charge is 2.24. The Kier molecular flexibility index (Phi) is 5.29. The highest BCUT2D eigenvalue weighted by atomic mass is 127. The van der Waals surface area contributed by atoms with Crippen molar-refractivity contribution < 1.29 is 9.72 Å². The summed E-state index contributed by atoms with van der Waals surface area (Å²) in [7, 11) is 0.